The lowest BCUT2D eigenvalue weighted by molar-refractivity contribution is -0.115. The van der Waals surface area contributed by atoms with Crippen molar-refractivity contribution in [3.05, 3.63) is 77.1 Å². The summed E-state index contributed by atoms with van der Waals surface area (Å²) in [5.41, 5.74) is 3.60. The Bertz CT molecular complexity index is 811. The van der Waals surface area contributed by atoms with Gasteiger partial charge in [-0.1, -0.05) is 29.8 Å². The van der Waals surface area contributed by atoms with Gasteiger partial charge in [0.2, 0.25) is 5.91 Å². The molecule has 0 spiro atoms. The van der Waals surface area contributed by atoms with Crippen LogP contribution in [0, 0.1) is 6.92 Å². The first-order valence-corrected chi connectivity index (χ1v) is 7.64. The van der Waals surface area contributed by atoms with Crippen LogP contribution < -0.4 is 5.32 Å². The smallest absolute Gasteiger partial charge is 0.228 e. The number of aryl methyl sites for hydroxylation is 1. The van der Waals surface area contributed by atoms with Gasteiger partial charge in [-0.25, -0.2) is 4.68 Å². The molecule has 5 heteroatoms. The van der Waals surface area contributed by atoms with Gasteiger partial charge in [0, 0.05) is 23.1 Å². The molecule has 0 bridgehead atoms. The molecule has 0 saturated carbocycles. The van der Waals surface area contributed by atoms with Gasteiger partial charge in [0.1, 0.15) is 0 Å². The molecule has 0 radical (unpaired) electrons. The predicted octanol–water partition coefficient (Wildman–Crippen LogP) is 4.02. The van der Waals surface area contributed by atoms with Gasteiger partial charge in [-0.2, -0.15) is 5.10 Å². The Morgan fingerprint density at radius 2 is 2.00 bits per heavy atom. The van der Waals surface area contributed by atoms with Gasteiger partial charge >= 0.3 is 0 Å². The number of amides is 1. The van der Waals surface area contributed by atoms with E-state index >= 15 is 0 Å². The summed E-state index contributed by atoms with van der Waals surface area (Å²) in [6, 6.07) is 15.1. The van der Waals surface area contributed by atoms with Gasteiger partial charge in [-0.05, 0) is 48.4 Å². The molecule has 23 heavy (non-hydrogen) atoms. The Morgan fingerprint density at radius 3 is 2.65 bits per heavy atom. The van der Waals surface area contributed by atoms with Crippen molar-refractivity contribution in [1.82, 2.24) is 9.78 Å². The summed E-state index contributed by atoms with van der Waals surface area (Å²) in [5, 5.41) is 7.68. The van der Waals surface area contributed by atoms with Crippen LogP contribution in [0.4, 0.5) is 5.69 Å². The van der Waals surface area contributed by atoms with Crippen LogP contribution in [0.1, 0.15) is 11.1 Å². The van der Waals surface area contributed by atoms with E-state index in [-0.39, 0.29) is 5.91 Å². The second-order valence-electron chi connectivity index (χ2n) is 5.31. The number of halogens is 1. The summed E-state index contributed by atoms with van der Waals surface area (Å²) >= 11 is 6.06. The third kappa shape index (κ3) is 3.79. The number of hydrogen-bond donors (Lipinski definition) is 1. The van der Waals surface area contributed by atoms with Crippen molar-refractivity contribution in [3.63, 3.8) is 0 Å². The Hall–Kier alpha value is -2.59. The molecular formula is C18H16ClN3O. The summed E-state index contributed by atoms with van der Waals surface area (Å²) in [7, 11) is 0. The average molecular weight is 326 g/mol. The number of carbonyl (C=O) groups excluding carboxylic acids is 1. The van der Waals surface area contributed by atoms with Crippen LogP contribution in [0.5, 0.6) is 0 Å². The third-order valence-corrected chi connectivity index (χ3v) is 3.93. The van der Waals surface area contributed by atoms with Crippen LogP contribution in [-0.2, 0) is 11.2 Å². The maximum Gasteiger partial charge on any atom is 0.228 e. The maximum atomic E-state index is 12.1. The lowest BCUT2D eigenvalue weighted by Gasteiger charge is -2.08. The number of benzene rings is 2. The van der Waals surface area contributed by atoms with Gasteiger partial charge < -0.3 is 5.32 Å². The fourth-order valence-corrected chi connectivity index (χ4v) is 2.43. The van der Waals surface area contributed by atoms with Gasteiger partial charge in [-0.3, -0.25) is 4.79 Å². The fourth-order valence-electron chi connectivity index (χ4n) is 2.25. The van der Waals surface area contributed by atoms with E-state index in [0.29, 0.717) is 17.1 Å². The molecule has 1 aromatic heterocycles. The first-order valence-electron chi connectivity index (χ1n) is 7.27. The van der Waals surface area contributed by atoms with Crippen molar-refractivity contribution >= 4 is 23.2 Å². The maximum absolute atomic E-state index is 12.1. The quantitative estimate of drug-likeness (QED) is 0.787. The van der Waals surface area contributed by atoms with Gasteiger partial charge in [0.05, 0.1) is 12.1 Å². The van der Waals surface area contributed by atoms with Crippen LogP contribution >= 0.6 is 11.6 Å². The number of anilines is 1. The predicted molar refractivity (Wildman–Crippen MR) is 92.1 cm³/mol. The molecule has 0 aliphatic rings. The lowest BCUT2D eigenvalue weighted by Crippen LogP contribution is -2.14. The van der Waals surface area contributed by atoms with Crippen molar-refractivity contribution in [2.24, 2.45) is 0 Å². The van der Waals surface area contributed by atoms with Gasteiger partial charge in [0.25, 0.3) is 0 Å². The van der Waals surface area contributed by atoms with E-state index in [1.54, 1.807) is 16.9 Å². The third-order valence-electron chi connectivity index (χ3n) is 3.53. The molecule has 2 aromatic carbocycles. The minimum Gasteiger partial charge on any atom is -0.326 e. The van der Waals surface area contributed by atoms with E-state index in [1.807, 2.05) is 55.6 Å². The van der Waals surface area contributed by atoms with E-state index in [4.69, 9.17) is 11.6 Å². The number of nitrogens with one attached hydrogen (secondary N) is 1. The van der Waals surface area contributed by atoms with E-state index in [0.717, 1.165) is 16.8 Å². The normalized spacial score (nSPS) is 10.5. The van der Waals surface area contributed by atoms with E-state index in [2.05, 4.69) is 10.4 Å². The second-order valence-corrected chi connectivity index (χ2v) is 5.71. The molecule has 0 saturated heterocycles. The summed E-state index contributed by atoms with van der Waals surface area (Å²) in [5.74, 6) is -0.0724. The highest BCUT2D eigenvalue weighted by molar-refractivity contribution is 6.31. The highest BCUT2D eigenvalue weighted by atomic mass is 35.5. The van der Waals surface area contributed by atoms with Crippen molar-refractivity contribution in [2.45, 2.75) is 13.3 Å². The molecule has 1 amide bonds. The van der Waals surface area contributed by atoms with E-state index in [1.165, 1.54) is 0 Å². The molecule has 1 heterocycles. The SMILES string of the molecule is Cc1ccc(NC(=O)Cc2ccc(-n3cccn3)cc2)cc1Cl. The minimum atomic E-state index is -0.0724. The number of carbonyl (C=O) groups is 1. The van der Waals surface area contributed by atoms with Crippen molar-refractivity contribution in [2.75, 3.05) is 5.32 Å². The number of aromatic nitrogens is 2. The number of hydrogen-bond acceptors (Lipinski definition) is 2. The Kier molecular flexibility index (Phi) is 4.44. The Morgan fingerprint density at radius 1 is 1.22 bits per heavy atom. The molecule has 3 rings (SSSR count). The Labute approximate surface area is 139 Å². The zero-order chi connectivity index (χ0) is 16.2. The largest absolute Gasteiger partial charge is 0.326 e. The molecule has 0 aliphatic carbocycles. The average Bonchev–Trinajstić information content (AvgIpc) is 3.06. The highest BCUT2D eigenvalue weighted by Gasteiger charge is 2.06. The molecular weight excluding hydrogens is 310 g/mol. The highest BCUT2D eigenvalue weighted by Crippen LogP contribution is 2.20. The minimum absolute atomic E-state index is 0.0724. The monoisotopic (exact) mass is 325 g/mol. The topological polar surface area (TPSA) is 46.9 Å². The summed E-state index contributed by atoms with van der Waals surface area (Å²) in [6.45, 7) is 1.93. The number of nitrogens with zero attached hydrogens (tertiary/aromatic N) is 2. The zero-order valence-electron chi connectivity index (χ0n) is 12.7. The first kappa shape index (κ1) is 15.3. The van der Waals surface area contributed by atoms with Crippen LogP contribution in [0.3, 0.4) is 0 Å². The molecule has 0 unspecified atom stereocenters. The van der Waals surface area contributed by atoms with Crippen LogP contribution in [-0.4, -0.2) is 15.7 Å². The fraction of sp³-hybridized carbons (Fsp3) is 0.111. The van der Waals surface area contributed by atoms with Gasteiger partial charge in [-0.15, -0.1) is 0 Å². The molecule has 3 aromatic rings. The van der Waals surface area contributed by atoms with E-state index < -0.39 is 0 Å². The second kappa shape index (κ2) is 6.67. The zero-order valence-corrected chi connectivity index (χ0v) is 13.4. The number of rotatable bonds is 4. The molecule has 4 nitrogen and oxygen atoms in total. The molecule has 116 valence electrons. The first-order chi connectivity index (χ1) is 11.1. The molecule has 0 fully saturated rings. The van der Waals surface area contributed by atoms with Crippen LogP contribution in [0.15, 0.2) is 60.9 Å². The molecule has 0 aliphatic heterocycles. The van der Waals surface area contributed by atoms with E-state index in [9.17, 15) is 4.79 Å². The molecule has 0 atom stereocenters. The summed E-state index contributed by atoms with van der Waals surface area (Å²) < 4.78 is 1.78. The summed E-state index contributed by atoms with van der Waals surface area (Å²) in [6.07, 6.45) is 3.92. The van der Waals surface area contributed by atoms with Crippen molar-refractivity contribution in [3.8, 4) is 5.69 Å². The summed E-state index contributed by atoms with van der Waals surface area (Å²) in [4.78, 5) is 12.1. The lowest BCUT2D eigenvalue weighted by atomic mass is 10.1. The standard InChI is InChI=1S/C18H16ClN3O/c1-13-3-6-15(12-17(13)19)21-18(23)11-14-4-7-16(8-5-14)22-10-2-9-20-22/h2-10,12H,11H2,1H3,(H,21,23). The van der Waals surface area contributed by atoms with Gasteiger partial charge in [0.15, 0.2) is 0 Å². The molecule has 1 N–H and O–H groups in total. The Balaban J connectivity index is 1.64. The van der Waals surface area contributed by atoms with Crippen molar-refractivity contribution in [1.29, 1.82) is 0 Å². The van der Waals surface area contributed by atoms with Crippen LogP contribution in [0.25, 0.3) is 5.69 Å². The van der Waals surface area contributed by atoms with Crippen molar-refractivity contribution < 1.29 is 4.79 Å². The van der Waals surface area contributed by atoms with Crippen LogP contribution in [0.2, 0.25) is 5.02 Å².